The third-order valence-corrected chi connectivity index (χ3v) is 4.13. The van der Waals surface area contributed by atoms with Crippen LogP contribution in [0.25, 0.3) is 0 Å². The summed E-state index contributed by atoms with van der Waals surface area (Å²) in [6.45, 7) is 18.2. The summed E-state index contributed by atoms with van der Waals surface area (Å²) in [5.74, 6) is 0.452. The fraction of sp³-hybridized carbons (Fsp3) is 0.667. The van der Waals surface area contributed by atoms with Gasteiger partial charge in [0.1, 0.15) is 5.75 Å². The summed E-state index contributed by atoms with van der Waals surface area (Å²) in [7, 11) is 0. The molecule has 0 aliphatic carbocycles. The van der Waals surface area contributed by atoms with Crippen LogP contribution in [-0.2, 0) is 16.2 Å². The van der Waals surface area contributed by atoms with Gasteiger partial charge in [-0.15, -0.1) is 0 Å². The zero-order valence-electron chi connectivity index (χ0n) is 14.5. The van der Waals surface area contributed by atoms with E-state index in [4.69, 9.17) is 0 Å². The molecule has 0 aromatic heterocycles. The lowest BCUT2D eigenvalue weighted by Gasteiger charge is -2.31. The van der Waals surface area contributed by atoms with Gasteiger partial charge in [-0.1, -0.05) is 67.5 Å². The lowest BCUT2D eigenvalue weighted by Crippen LogP contribution is -2.58. The van der Waals surface area contributed by atoms with E-state index in [0.29, 0.717) is 5.75 Å². The molecule has 2 nitrogen and oxygen atoms in total. The fourth-order valence-corrected chi connectivity index (χ4v) is 2.31. The number of quaternary nitrogens is 1. The summed E-state index contributed by atoms with van der Waals surface area (Å²) in [6, 6.07) is 4.32. The van der Waals surface area contributed by atoms with E-state index in [2.05, 4.69) is 73.3 Å². The maximum absolute atomic E-state index is 10.7. The molecule has 0 fully saturated rings. The molecule has 20 heavy (non-hydrogen) atoms. The van der Waals surface area contributed by atoms with Crippen LogP contribution in [-0.4, -0.2) is 11.7 Å². The third kappa shape index (κ3) is 3.35. The van der Waals surface area contributed by atoms with Crippen molar-refractivity contribution in [3.05, 3.63) is 28.8 Å². The average Bonchev–Trinajstić information content (AvgIpc) is 2.25. The molecule has 0 aliphatic heterocycles. The van der Waals surface area contributed by atoms with Gasteiger partial charge < -0.3 is 10.8 Å². The van der Waals surface area contributed by atoms with Gasteiger partial charge in [0.05, 0.1) is 6.54 Å². The Hall–Kier alpha value is -1.02. The smallest absolute Gasteiger partial charge is 0.123 e. The highest BCUT2D eigenvalue weighted by Gasteiger charge is 2.30. The van der Waals surface area contributed by atoms with Gasteiger partial charge in [0, 0.05) is 5.41 Å². The van der Waals surface area contributed by atoms with Crippen LogP contribution in [0.4, 0.5) is 0 Å². The van der Waals surface area contributed by atoms with Crippen LogP contribution < -0.4 is 5.73 Å². The van der Waals surface area contributed by atoms with Crippen molar-refractivity contribution in [1.82, 2.24) is 0 Å². The molecule has 4 N–H and O–H groups in total. The van der Waals surface area contributed by atoms with Crippen LogP contribution in [0.3, 0.4) is 0 Å². The highest BCUT2D eigenvalue weighted by molar-refractivity contribution is 5.51. The molecule has 114 valence electrons. The monoisotopic (exact) mass is 278 g/mol. The first-order valence-electron chi connectivity index (χ1n) is 7.48. The van der Waals surface area contributed by atoms with Crippen LogP contribution in [0.1, 0.15) is 72.1 Å². The summed E-state index contributed by atoms with van der Waals surface area (Å²) in [4.78, 5) is 0. The number of phenols is 1. The lowest BCUT2D eigenvalue weighted by atomic mass is 9.74. The predicted octanol–water partition coefficient (Wildman–Crippen LogP) is 3.51. The van der Waals surface area contributed by atoms with Crippen LogP contribution >= 0.6 is 0 Å². The van der Waals surface area contributed by atoms with E-state index < -0.39 is 0 Å². The van der Waals surface area contributed by atoms with E-state index >= 15 is 0 Å². The van der Waals surface area contributed by atoms with Crippen molar-refractivity contribution < 1.29 is 10.8 Å². The molecule has 1 rings (SSSR count). The molecule has 1 aromatic rings. The number of hydrogen-bond donors (Lipinski definition) is 2. The van der Waals surface area contributed by atoms with Gasteiger partial charge in [0.15, 0.2) is 0 Å². The molecule has 0 amide bonds. The molecule has 0 saturated heterocycles. The minimum atomic E-state index is -0.0721. The first-order chi connectivity index (χ1) is 8.80. The summed E-state index contributed by atoms with van der Waals surface area (Å²) in [6.07, 6.45) is 0. The summed E-state index contributed by atoms with van der Waals surface area (Å²) < 4.78 is 0. The van der Waals surface area contributed by atoms with Crippen molar-refractivity contribution in [2.24, 2.45) is 0 Å². The molecule has 0 radical (unpaired) electrons. The Morgan fingerprint density at radius 1 is 0.850 bits per heavy atom. The second kappa shape index (κ2) is 5.07. The van der Waals surface area contributed by atoms with Crippen molar-refractivity contribution in [2.45, 2.75) is 71.6 Å². The predicted molar refractivity (Wildman–Crippen MR) is 86.3 cm³/mol. The van der Waals surface area contributed by atoms with Crippen molar-refractivity contribution in [2.75, 3.05) is 6.54 Å². The van der Waals surface area contributed by atoms with Crippen molar-refractivity contribution in [3.8, 4) is 5.75 Å². The molecule has 0 atom stereocenters. The Kier molecular flexibility index (Phi) is 4.32. The van der Waals surface area contributed by atoms with Crippen molar-refractivity contribution >= 4 is 0 Å². The standard InChI is InChI=1S/C18H31NO/c1-16(2,3)13-9-12(18(7,8)11-19)10-14(15(13)20)17(4,5)6/h9-10,20H,11,19H2,1-8H3/p+1. The van der Waals surface area contributed by atoms with Crippen molar-refractivity contribution in [3.63, 3.8) is 0 Å². The van der Waals surface area contributed by atoms with E-state index in [1.807, 2.05) is 0 Å². The average molecular weight is 278 g/mol. The Morgan fingerprint density at radius 2 is 1.20 bits per heavy atom. The first-order valence-corrected chi connectivity index (χ1v) is 7.48. The van der Waals surface area contributed by atoms with Gasteiger partial charge in [-0.05, 0) is 27.5 Å². The highest BCUT2D eigenvalue weighted by Crippen LogP contribution is 2.41. The normalized spacial score (nSPS) is 13.7. The number of benzene rings is 1. The maximum atomic E-state index is 10.7. The third-order valence-electron chi connectivity index (χ3n) is 4.13. The zero-order valence-corrected chi connectivity index (χ0v) is 14.5. The molecule has 0 aliphatic rings. The molecule has 2 heteroatoms. The SMILES string of the molecule is CC(C)(C)c1cc(C(C)(C)C[NH3+])cc(C(C)(C)C)c1O. The minimum absolute atomic E-state index is 0.0215. The van der Waals surface area contributed by atoms with Gasteiger partial charge in [0.2, 0.25) is 0 Å². The fourth-order valence-electron chi connectivity index (χ4n) is 2.31. The molecule has 0 saturated carbocycles. The first kappa shape index (κ1) is 17.0. The Morgan fingerprint density at radius 3 is 1.45 bits per heavy atom. The molecular weight excluding hydrogens is 246 g/mol. The molecule has 1 aromatic carbocycles. The summed E-state index contributed by atoms with van der Waals surface area (Å²) in [5, 5.41) is 10.7. The number of rotatable bonds is 2. The molecular formula is C18H32NO+. The Labute approximate surface area is 124 Å². The number of hydrogen-bond acceptors (Lipinski definition) is 1. The van der Waals surface area contributed by atoms with E-state index in [9.17, 15) is 5.11 Å². The highest BCUT2D eigenvalue weighted by atomic mass is 16.3. The summed E-state index contributed by atoms with van der Waals surface area (Å²) >= 11 is 0. The van der Waals surface area contributed by atoms with E-state index in [-0.39, 0.29) is 16.2 Å². The van der Waals surface area contributed by atoms with Gasteiger partial charge in [-0.25, -0.2) is 0 Å². The van der Waals surface area contributed by atoms with Crippen LogP contribution in [0.15, 0.2) is 12.1 Å². The topological polar surface area (TPSA) is 47.9 Å². The molecule has 0 bridgehead atoms. The molecule has 0 heterocycles. The van der Waals surface area contributed by atoms with E-state index in [1.54, 1.807) is 0 Å². The number of aromatic hydroxyl groups is 1. The molecule has 0 spiro atoms. The van der Waals surface area contributed by atoms with Crippen LogP contribution in [0.5, 0.6) is 5.75 Å². The second-order valence-corrected chi connectivity index (χ2v) is 8.55. The largest absolute Gasteiger partial charge is 0.507 e. The Bertz CT molecular complexity index is 452. The van der Waals surface area contributed by atoms with Crippen molar-refractivity contribution in [1.29, 1.82) is 0 Å². The van der Waals surface area contributed by atoms with E-state index in [1.165, 1.54) is 5.56 Å². The van der Waals surface area contributed by atoms with Gasteiger partial charge in [-0.2, -0.15) is 0 Å². The van der Waals surface area contributed by atoms with Gasteiger partial charge in [0.25, 0.3) is 0 Å². The maximum Gasteiger partial charge on any atom is 0.123 e. The minimum Gasteiger partial charge on any atom is -0.507 e. The molecule has 0 unspecified atom stereocenters. The zero-order chi connectivity index (χ0) is 15.9. The quantitative estimate of drug-likeness (QED) is 0.854. The number of phenolic OH excluding ortho intramolecular Hbond substituents is 1. The second-order valence-electron chi connectivity index (χ2n) is 8.55. The Balaban J connectivity index is 3.68. The van der Waals surface area contributed by atoms with E-state index in [0.717, 1.165) is 17.7 Å². The van der Waals surface area contributed by atoms with Gasteiger partial charge >= 0.3 is 0 Å². The van der Waals surface area contributed by atoms with Crippen LogP contribution in [0, 0.1) is 0 Å². The lowest BCUT2D eigenvalue weighted by molar-refractivity contribution is -0.380. The van der Waals surface area contributed by atoms with Gasteiger partial charge in [-0.3, -0.25) is 0 Å². The summed E-state index contributed by atoms with van der Waals surface area (Å²) in [5.41, 5.74) is 7.28. The van der Waals surface area contributed by atoms with Crippen LogP contribution in [0.2, 0.25) is 0 Å².